The van der Waals surface area contributed by atoms with Crippen LogP contribution in [0.15, 0.2) is 18.2 Å². The van der Waals surface area contributed by atoms with E-state index in [0.29, 0.717) is 18.7 Å². The Hall–Kier alpha value is -2.31. The molecule has 1 atom stereocenters. The highest BCUT2D eigenvalue weighted by Gasteiger charge is 2.23. The first-order chi connectivity index (χ1) is 9.11. The highest BCUT2D eigenvalue weighted by Crippen LogP contribution is 2.34. The molecule has 1 amide bonds. The van der Waals surface area contributed by atoms with E-state index in [1.165, 1.54) is 7.11 Å². The van der Waals surface area contributed by atoms with E-state index in [9.17, 15) is 14.9 Å². The Labute approximate surface area is 110 Å². The van der Waals surface area contributed by atoms with E-state index in [0.717, 1.165) is 6.42 Å². The van der Waals surface area contributed by atoms with Crippen molar-refractivity contribution < 1.29 is 14.5 Å². The zero-order valence-corrected chi connectivity index (χ0v) is 10.5. The van der Waals surface area contributed by atoms with Crippen molar-refractivity contribution in [1.82, 2.24) is 5.32 Å². The number of rotatable bonds is 5. The lowest BCUT2D eigenvalue weighted by molar-refractivity contribution is -0.384. The van der Waals surface area contributed by atoms with E-state index < -0.39 is 4.92 Å². The third kappa shape index (κ3) is 2.93. The van der Waals surface area contributed by atoms with Crippen LogP contribution in [-0.2, 0) is 4.79 Å². The third-order valence-corrected chi connectivity index (χ3v) is 3.03. The van der Waals surface area contributed by atoms with Gasteiger partial charge in [-0.15, -0.1) is 0 Å². The number of carbonyl (C=O) groups is 1. The number of ether oxygens (including phenoxy) is 1. The van der Waals surface area contributed by atoms with Crippen molar-refractivity contribution in [3.05, 3.63) is 28.3 Å². The maximum Gasteiger partial charge on any atom is 0.333 e. The molecule has 0 radical (unpaired) electrons. The first-order valence-electron chi connectivity index (χ1n) is 5.96. The molecular formula is C12H15N3O4. The van der Waals surface area contributed by atoms with Crippen LogP contribution in [0.3, 0.4) is 0 Å². The van der Waals surface area contributed by atoms with Gasteiger partial charge in [-0.1, -0.05) is 6.07 Å². The minimum Gasteiger partial charge on any atom is -0.490 e. The number of hydrogen-bond donors (Lipinski definition) is 2. The molecule has 7 nitrogen and oxygen atoms in total. The van der Waals surface area contributed by atoms with Crippen LogP contribution in [0, 0.1) is 10.1 Å². The molecule has 0 aliphatic carbocycles. The summed E-state index contributed by atoms with van der Waals surface area (Å²) in [5, 5.41) is 16.9. The van der Waals surface area contributed by atoms with E-state index >= 15 is 0 Å². The van der Waals surface area contributed by atoms with Gasteiger partial charge in [0, 0.05) is 19.0 Å². The molecule has 0 bridgehead atoms. The van der Waals surface area contributed by atoms with Crippen LogP contribution in [0.2, 0.25) is 0 Å². The lowest BCUT2D eigenvalue weighted by Gasteiger charge is -2.13. The average molecular weight is 265 g/mol. The molecule has 0 saturated carbocycles. The van der Waals surface area contributed by atoms with Crippen LogP contribution < -0.4 is 15.4 Å². The summed E-state index contributed by atoms with van der Waals surface area (Å²) in [5.74, 6) is 0.234. The maximum atomic E-state index is 11.1. The maximum absolute atomic E-state index is 11.1. The van der Waals surface area contributed by atoms with Gasteiger partial charge in [0.15, 0.2) is 5.75 Å². The molecule has 1 fully saturated rings. The molecule has 0 spiro atoms. The van der Waals surface area contributed by atoms with Gasteiger partial charge in [-0.25, -0.2) is 0 Å². The topological polar surface area (TPSA) is 93.5 Å². The summed E-state index contributed by atoms with van der Waals surface area (Å²) in [4.78, 5) is 21.7. The minimum absolute atomic E-state index is 0.0123. The second-order valence-electron chi connectivity index (χ2n) is 4.30. The van der Waals surface area contributed by atoms with Gasteiger partial charge in [0.05, 0.1) is 12.0 Å². The average Bonchev–Trinajstić information content (AvgIpc) is 2.81. The second-order valence-corrected chi connectivity index (χ2v) is 4.30. The van der Waals surface area contributed by atoms with Crippen LogP contribution in [0.4, 0.5) is 11.4 Å². The van der Waals surface area contributed by atoms with Gasteiger partial charge >= 0.3 is 5.69 Å². The standard InChI is InChI=1S/C12H15N3O4/c1-19-10-4-2-3-9(12(10)15(17)18)13-7-8-5-6-11(16)14-8/h2-4,8,13H,5-7H2,1H3,(H,14,16). The zero-order valence-electron chi connectivity index (χ0n) is 10.5. The molecular weight excluding hydrogens is 250 g/mol. The van der Waals surface area contributed by atoms with Gasteiger partial charge in [0.2, 0.25) is 5.91 Å². The van der Waals surface area contributed by atoms with Crippen molar-refractivity contribution in [2.45, 2.75) is 18.9 Å². The number of methoxy groups -OCH3 is 1. The molecule has 7 heteroatoms. The monoisotopic (exact) mass is 265 g/mol. The molecule has 1 aromatic rings. The number of nitro groups is 1. The first-order valence-corrected chi connectivity index (χ1v) is 5.96. The quantitative estimate of drug-likeness (QED) is 0.618. The van der Waals surface area contributed by atoms with Gasteiger partial charge in [0.25, 0.3) is 0 Å². The lowest BCUT2D eigenvalue weighted by atomic mass is 10.2. The molecule has 1 aliphatic rings. The number of benzene rings is 1. The molecule has 1 aliphatic heterocycles. The summed E-state index contributed by atoms with van der Waals surface area (Å²) in [7, 11) is 1.39. The molecule has 0 aromatic heterocycles. The normalized spacial score (nSPS) is 17.9. The Morgan fingerprint density at radius 1 is 1.58 bits per heavy atom. The molecule has 2 rings (SSSR count). The number of hydrogen-bond acceptors (Lipinski definition) is 5. The number of anilines is 1. The van der Waals surface area contributed by atoms with Crippen molar-refractivity contribution in [3.63, 3.8) is 0 Å². The molecule has 1 aromatic carbocycles. The molecule has 1 saturated heterocycles. The fourth-order valence-corrected chi connectivity index (χ4v) is 2.08. The molecule has 102 valence electrons. The van der Waals surface area contributed by atoms with E-state index in [4.69, 9.17) is 4.74 Å². The van der Waals surface area contributed by atoms with Crippen LogP contribution in [-0.4, -0.2) is 30.5 Å². The predicted molar refractivity (Wildman–Crippen MR) is 69.3 cm³/mol. The summed E-state index contributed by atoms with van der Waals surface area (Å²) in [6, 6.07) is 4.86. The molecule has 19 heavy (non-hydrogen) atoms. The highest BCUT2D eigenvalue weighted by atomic mass is 16.6. The summed E-state index contributed by atoms with van der Waals surface area (Å²) in [6.45, 7) is 0.458. The number of para-hydroxylation sites is 1. The minimum atomic E-state index is -0.478. The SMILES string of the molecule is COc1cccc(NCC2CCC(=O)N2)c1[N+](=O)[O-]. The fourth-order valence-electron chi connectivity index (χ4n) is 2.08. The van der Waals surface area contributed by atoms with Gasteiger partial charge in [-0.3, -0.25) is 14.9 Å². The van der Waals surface area contributed by atoms with Crippen LogP contribution in [0.5, 0.6) is 5.75 Å². The Bertz CT molecular complexity index is 504. The molecule has 1 unspecified atom stereocenters. The van der Waals surface area contributed by atoms with Gasteiger partial charge in [0.1, 0.15) is 5.69 Å². The van der Waals surface area contributed by atoms with Crippen molar-refractivity contribution in [1.29, 1.82) is 0 Å². The largest absolute Gasteiger partial charge is 0.490 e. The number of nitrogens with zero attached hydrogens (tertiary/aromatic N) is 1. The smallest absolute Gasteiger partial charge is 0.333 e. The van der Waals surface area contributed by atoms with Gasteiger partial charge in [-0.05, 0) is 18.6 Å². The number of nitrogens with one attached hydrogen (secondary N) is 2. The Kier molecular flexibility index (Phi) is 3.84. The summed E-state index contributed by atoms with van der Waals surface area (Å²) >= 11 is 0. The van der Waals surface area contributed by atoms with Crippen LogP contribution in [0.1, 0.15) is 12.8 Å². The van der Waals surface area contributed by atoms with Crippen LogP contribution >= 0.6 is 0 Å². The highest BCUT2D eigenvalue weighted by molar-refractivity contribution is 5.78. The summed E-state index contributed by atoms with van der Waals surface area (Å²) < 4.78 is 4.98. The number of amides is 1. The van der Waals surface area contributed by atoms with Crippen LogP contribution in [0.25, 0.3) is 0 Å². The first kappa shape index (κ1) is 13.1. The third-order valence-electron chi connectivity index (χ3n) is 3.03. The second kappa shape index (κ2) is 5.55. The predicted octanol–water partition coefficient (Wildman–Crippen LogP) is 1.29. The van der Waals surface area contributed by atoms with E-state index in [1.807, 2.05) is 0 Å². The molecule has 1 heterocycles. The van der Waals surface area contributed by atoms with Crippen molar-refractivity contribution in [3.8, 4) is 5.75 Å². The van der Waals surface area contributed by atoms with Gasteiger partial charge < -0.3 is 15.4 Å². The van der Waals surface area contributed by atoms with Gasteiger partial charge in [-0.2, -0.15) is 0 Å². The van der Waals surface area contributed by atoms with Crippen molar-refractivity contribution >= 4 is 17.3 Å². The Morgan fingerprint density at radius 2 is 2.37 bits per heavy atom. The number of carbonyl (C=O) groups excluding carboxylic acids is 1. The van der Waals surface area contributed by atoms with E-state index in [1.54, 1.807) is 18.2 Å². The van der Waals surface area contributed by atoms with Crippen molar-refractivity contribution in [2.75, 3.05) is 19.0 Å². The summed E-state index contributed by atoms with van der Waals surface area (Å²) in [5.41, 5.74) is 0.305. The lowest BCUT2D eigenvalue weighted by Crippen LogP contribution is -2.31. The summed E-state index contributed by atoms with van der Waals surface area (Å²) in [6.07, 6.45) is 1.25. The Morgan fingerprint density at radius 3 is 2.95 bits per heavy atom. The zero-order chi connectivity index (χ0) is 13.8. The van der Waals surface area contributed by atoms with E-state index in [-0.39, 0.29) is 23.4 Å². The van der Waals surface area contributed by atoms with E-state index in [2.05, 4.69) is 10.6 Å². The number of nitro benzene ring substituents is 1. The molecule has 2 N–H and O–H groups in total. The van der Waals surface area contributed by atoms with Crippen molar-refractivity contribution in [2.24, 2.45) is 0 Å². The Balaban J connectivity index is 2.11. The fraction of sp³-hybridized carbons (Fsp3) is 0.417.